The van der Waals surface area contributed by atoms with Crippen LogP contribution in [0.25, 0.3) is 54.1 Å². The van der Waals surface area contributed by atoms with Crippen molar-refractivity contribution in [3.8, 4) is 0 Å². The van der Waals surface area contributed by atoms with Gasteiger partial charge in [0.05, 0.1) is 22.4 Å². The number of para-hydroxylation sites is 2. The third-order valence-electron chi connectivity index (χ3n) is 11.5. The molecule has 57 heavy (non-hydrogen) atoms. The Hall–Kier alpha value is -6.92. The van der Waals surface area contributed by atoms with E-state index in [1.54, 1.807) is 12.7 Å². The van der Waals surface area contributed by atoms with Gasteiger partial charge in [-0.3, -0.25) is 0 Å². The fourth-order valence-electron chi connectivity index (χ4n) is 8.76. The Morgan fingerprint density at radius 3 is 1.47 bits per heavy atom. The van der Waals surface area contributed by atoms with Crippen LogP contribution in [-0.4, -0.2) is 19.9 Å². The molecule has 0 atom stereocenters. The molecule has 10 aromatic rings. The van der Waals surface area contributed by atoms with Crippen molar-refractivity contribution in [1.82, 2.24) is 19.9 Å². The van der Waals surface area contributed by atoms with Gasteiger partial charge in [-0.25, -0.2) is 19.9 Å². The number of fused-ring (bicyclic) bond motifs is 2. The molecule has 0 aliphatic rings. The maximum atomic E-state index is 4.68. The summed E-state index contributed by atoms with van der Waals surface area (Å²) in [6.07, 6.45) is 7.01. The van der Waals surface area contributed by atoms with Crippen molar-refractivity contribution in [1.29, 1.82) is 0 Å². The highest BCUT2D eigenvalue weighted by Crippen LogP contribution is 2.51. The first-order valence-corrected chi connectivity index (χ1v) is 19.7. The lowest BCUT2D eigenvalue weighted by atomic mass is 9.84. The van der Waals surface area contributed by atoms with Crippen LogP contribution in [0, 0.1) is 6.92 Å². The number of anilines is 6. The van der Waals surface area contributed by atoms with Gasteiger partial charge in [-0.05, 0) is 124 Å². The van der Waals surface area contributed by atoms with Crippen LogP contribution in [0.3, 0.4) is 0 Å². The molecule has 0 fully saturated rings. The van der Waals surface area contributed by atoms with Crippen LogP contribution in [-0.2, 0) is 0 Å². The zero-order chi connectivity index (χ0) is 38.8. The van der Waals surface area contributed by atoms with Gasteiger partial charge in [-0.1, -0.05) is 88.4 Å². The van der Waals surface area contributed by atoms with Crippen LogP contribution in [0.4, 0.5) is 34.1 Å². The van der Waals surface area contributed by atoms with E-state index < -0.39 is 0 Å². The number of rotatable bonds is 8. The summed E-state index contributed by atoms with van der Waals surface area (Å²) in [6, 6.07) is 46.7. The molecular formula is C51H42N6. The predicted octanol–water partition coefficient (Wildman–Crippen LogP) is 14.0. The van der Waals surface area contributed by atoms with Crippen LogP contribution < -0.4 is 9.80 Å². The number of benzene rings is 8. The molecular weight excluding hydrogens is 697 g/mol. The smallest absolute Gasteiger partial charge is 0.116 e. The quantitative estimate of drug-likeness (QED) is 0.145. The first kappa shape index (κ1) is 34.6. The van der Waals surface area contributed by atoms with Crippen molar-refractivity contribution in [3.63, 3.8) is 0 Å². The zero-order valence-corrected chi connectivity index (χ0v) is 32.8. The van der Waals surface area contributed by atoms with E-state index in [1.165, 1.54) is 49.0 Å². The van der Waals surface area contributed by atoms with E-state index in [4.69, 9.17) is 0 Å². The van der Waals surface area contributed by atoms with E-state index >= 15 is 0 Å². The summed E-state index contributed by atoms with van der Waals surface area (Å²) in [4.78, 5) is 22.8. The van der Waals surface area contributed by atoms with Crippen LogP contribution in [0.5, 0.6) is 0 Å². The first-order valence-electron chi connectivity index (χ1n) is 19.7. The predicted molar refractivity (Wildman–Crippen MR) is 239 cm³/mol. The van der Waals surface area contributed by atoms with E-state index in [1.807, 2.05) is 12.4 Å². The van der Waals surface area contributed by atoms with Crippen LogP contribution in [0.2, 0.25) is 0 Å². The third-order valence-corrected chi connectivity index (χ3v) is 11.5. The average molecular weight is 739 g/mol. The van der Waals surface area contributed by atoms with Gasteiger partial charge in [0, 0.05) is 56.7 Å². The second-order valence-electron chi connectivity index (χ2n) is 15.7. The zero-order valence-electron chi connectivity index (χ0n) is 32.8. The Labute approximate surface area is 332 Å². The van der Waals surface area contributed by atoms with Crippen molar-refractivity contribution < 1.29 is 0 Å². The van der Waals surface area contributed by atoms with Crippen molar-refractivity contribution in [2.45, 2.75) is 46.5 Å². The standard InChI is InChI=1S/C51H42N6/c1-31(2)43-25-48(56(36-12-7-6-8-13-36)37-17-15-34-27-52-29-54-45(34)23-37)41-21-19-40-44(32(3)4)26-49(42-22-20-39(43)50(41)51(40)42)57(47-14-10-9-11-33(47)5)38-18-16-35-28-53-30-55-46(35)24-38/h6-32H,1-5H3. The molecule has 0 aliphatic carbocycles. The highest BCUT2D eigenvalue weighted by Gasteiger charge is 2.26. The fourth-order valence-corrected chi connectivity index (χ4v) is 8.76. The molecule has 0 spiro atoms. The maximum absolute atomic E-state index is 4.68. The highest BCUT2D eigenvalue weighted by atomic mass is 15.2. The molecule has 0 N–H and O–H groups in total. The van der Waals surface area contributed by atoms with Crippen molar-refractivity contribution in [2.24, 2.45) is 0 Å². The summed E-state index contributed by atoms with van der Waals surface area (Å²) < 4.78 is 0. The summed E-state index contributed by atoms with van der Waals surface area (Å²) in [7, 11) is 0. The lowest BCUT2D eigenvalue weighted by Gasteiger charge is -2.32. The average Bonchev–Trinajstić information content (AvgIpc) is 3.24. The van der Waals surface area contributed by atoms with Crippen molar-refractivity contribution in [3.05, 3.63) is 169 Å². The molecule has 0 bridgehead atoms. The van der Waals surface area contributed by atoms with Gasteiger partial charge in [0.25, 0.3) is 0 Å². The summed E-state index contributed by atoms with van der Waals surface area (Å²) in [6.45, 7) is 11.4. The number of aryl methyl sites for hydroxylation is 1. The minimum absolute atomic E-state index is 0.279. The van der Waals surface area contributed by atoms with Gasteiger partial charge in [0.1, 0.15) is 12.7 Å². The van der Waals surface area contributed by atoms with Gasteiger partial charge < -0.3 is 9.80 Å². The Morgan fingerprint density at radius 2 is 0.930 bits per heavy atom. The minimum Gasteiger partial charge on any atom is -0.310 e. The number of hydrogen-bond donors (Lipinski definition) is 0. The van der Waals surface area contributed by atoms with Crippen LogP contribution in [0.15, 0.2) is 152 Å². The number of aromatic nitrogens is 4. The SMILES string of the molecule is Cc1ccccc1N(c1ccc2cncnc2c1)c1cc(C(C)C)c2ccc3c(N(c4ccccc4)c4ccc5cncnc5c4)cc(C(C)C)c4ccc1c2c43. The normalized spacial score (nSPS) is 11.9. The number of nitrogens with zero attached hydrogens (tertiary/aromatic N) is 6. The van der Waals surface area contributed by atoms with Gasteiger partial charge in [-0.2, -0.15) is 0 Å². The lowest BCUT2D eigenvalue weighted by molar-refractivity contribution is 0.875. The van der Waals surface area contributed by atoms with E-state index in [0.29, 0.717) is 0 Å². The molecule has 0 radical (unpaired) electrons. The Morgan fingerprint density at radius 1 is 0.439 bits per heavy atom. The second kappa shape index (κ2) is 13.7. The van der Waals surface area contributed by atoms with E-state index in [9.17, 15) is 0 Å². The molecule has 10 rings (SSSR count). The lowest BCUT2D eigenvalue weighted by Crippen LogP contribution is -2.13. The number of hydrogen-bond acceptors (Lipinski definition) is 6. The van der Waals surface area contributed by atoms with Crippen LogP contribution >= 0.6 is 0 Å². The summed E-state index contributed by atoms with van der Waals surface area (Å²) in [5, 5.41) is 9.59. The summed E-state index contributed by atoms with van der Waals surface area (Å²) in [5.74, 6) is 0.559. The molecule has 0 saturated carbocycles. The third kappa shape index (κ3) is 5.71. The topological polar surface area (TPSA) is 58.0 Å². The van der Waals surface area contributed by atoms with E-state index in [-0.39, 0.29) is 11.8 Å². The van der Waals surface area contributed by atoms with Gasteiger partial charge >= 0.3 is 0 Å². The Kier molecular flexibility index (Phi) is 8.29. The van der Waals surface area contributed by atoms with E-state index in [0.717, 1.165) is 55.9 Å². The molecule has 6 nitrogen and oxygen atoms in total. The summed E-state index contributed by atoms with van der Waals surface area (Å²) in [5.41, 5.74) is 12.3. The first-order chi connectivity index (χ1) is 27.9. The molecule has 276 valence electrons. The monoisotopic (exact) mass is 738 g/mol. The second-order valence-corrected chi connectivity index (χ2v) is 15.7. The Balaban J connectivity index is 1.33. The van der Waals surface area contributed by atoms with Gasteiger partial charge in [-0.15, -0.1) is 0 Å². The van der Waals surface area contributed by atoms with Crippen molar-refractivity contribution >= 4 is 88.2 Å². The molecule has 0 saturated heterocycles. The molecule has 0 amide bonds. The van der Waals surface area contributed by atoms with Gasteiger partial charge in [0.15, 0.2) is 0 Å². The molecule has 0 unspecified atom stereocenters. The molecule has 6 heteroatoms. The largest absolute Gasteiger partial charge is 0.310 e. The Bertz CT molecular complexity index is 3120. The maximum Gasteiger partial charge on any atom is 0.116 e. The highest BCUT2D eigenvalue weighted by molar-refractivity contribution is 6.29. The molecule has 0 aliphatic heterocycles. The van der Waals surface area contributed by atoms with Crippen molar-refractivity contribution in [2.75, 3.05) is 9.80 Å². The van der Waals surface area contributed by atoms with Crippen LogP contribution in [0.1, 0.15) is 56.2 Å². The minimum atomic E-state index is 0.279. The summed E-state index contributed by atoms with van der Waals surface area (Å²) >= 11 is 0. The fraction of sp³-hybridized carbons (Fsp3) is 0.137. The molecule has 2 aromatic heterocycles. The molecule has 8 aromatic carbocycles. The molecule has 2 heterocycles. The van der Waals surface area contributed by atoms with E-state index in [2.05, 4.69) is 192 Å². The van der Waals surface area contributed by atoms with Gasteiger partial charge in [0.2, 0.25) is 0 Å².